The molecule has 1 heteroatoms. The van der Waals surface area contributed by atoms with Gasteiger partial charge in [0.1, 0.15) is 0 Å². The first kappa shape index (κ1) is 14.8. The molecule has 0 aromatic heterocycles. The van der Waals surface area contributed by atoms with Crippen molar-refractivity contribution >= 4 is 6.21 Å². The third-order valence-electron chi connectivity index (χ3n) is 3.62. The molecule has 0 spiro atoms. The Balaban J connectivity index is 2.22. The molecule has 20 heavy (non-hydrogen) atoms. The highest BCUT2D eigenvalue weighted by atomic mass is 14.8. The highest BCUT2D eigenvalue weighted by Gasteiger charge is 2.15. The molecule has 0 N–H and O–H groups in total. The first-order valence-corrected chi connectivity index (χ1v) is 7.57. The van der Waals surface area contributed by atoms with Crippen LogP contribution >= 0.6 is 0 Å². The molecule has 1 atom stereocenters. The smallest absolute Gasteiger partial charge is 0.0779 e. The maximum atomic E-state index is 4.87. The molecule has 0 amide bonds. The van der Waals surface area contributed by atoms with Crippen LogP contribution in [0.3, 0.4) is 0 Å². The lowest BCUT2D eigenvalue weighted by Gasteiger charge is -2.19. The van der Waals surface area contributed by atoms with Gasteiger partial charge in [0.25, 0.3) is 0 Å². The maximum Gasteiger partial charge on any atom is 0.0779 e. The third-order valence-corrected chi connectivity index (χ3v) is 3.62. The van der Waals surface area contributed by atoms with Crippen molar-refractivity contribution in [2.45, 2.75) is 45.6 Å². The Morgan fingerprint density at radius 3 is 2.40 bits per heavy atom. The van der Waals surface area contributed by atoms with Crippen LogP contribution in [-0.4, -0.2) is 6.21 Å². The molecule has 106 valence electrons. The van der Waals surface area contributed by atoms with Gasteiger partial charge in [0.2, 0.25) is 0 Å². The van der Waals surface area contributed by atoms with E-state index in [0.29, 0.717) is 0 Å². The maximum absolute atomic E-state index is 4.87. The molecule has 1 aliphatic heterocycles. The average molecular weight is 267 g/mol. The summed E-state index contributed by atoms with van der Waals surface area (Å²) < 4.78 is 0. The molecule has 0 saturated heterocycles. The molecular formula is C19H25N. The lowest BCUT2D eigenvalue weighted by atomic mass is 9.90. The molecule has 0 bridgehead atoms. The van der Waals surface area contributed by atoms with Crippen molar-refractivity contribution in [1.29, 1.82) is 0 Å². The second-order valence-electron chi connectivity index (χ2n) is 6.15. The summed E-state index contributed by atoms with van der Waals surface area (Å²) in [5.41, 5.74) is 1.43. The van der Waals surface area contributed by atoms with Gasteiger partial charge in [0.15, 0.2) is 0 Å². The Morgan fingerprint density at radius 2 is 1.65 bits per heavy atom. The van der Waals surface area contributed by atoms with E-state index >= 15 is 0 Å². The van der Waals surface area contributed by atoms with Crippen molar-refractivity contribution in [3.05, 3.63) is 60.2 Å². The number of hydrogen-bond donors (Lipinski definition) is 0. The summed E-state index contributed by atoms with van der Waals surface area (Å²) in [5.74, 6) is 0. The van der Waals surface area contributed by atoms with Gasteiger partial charge in [0.05, 0.1) is 6.04 Å². The predicted octanol–water partition coefficient (Wildman–Crippen LogP) is 5.51. The minimum Gasteiger partial charge on any atom is -0.289 e. The number of nitrogens with zero attached hydrogens (tertiary/aromatic N) is 1. The minimum absolute atomic E-state index is 0.131. The first-order chi connectivity index (χ1) is 9.67. The molecule has 2 rings (SSSR count). The number of hydrogen-bond acceptors (Lipinski definition) is 1. The van der Waals surface area contributed by atoms with Gasteiger partial charge >= 0.3 is 0 Å². The zero-order chi connectivity index (χ0) is 14.3. The lowest BCUT2D eigenvalue weighted by Crippen LogP contribution is -2.12. The van der Waals surface area contributed by atoms with Gasteiger partial charge < -0.3 is 0 Å². The van der Waals surface area contributed by atoms with Crippen LogP contribution in [0, 0.1) is 5.41 Å². The monoisotopic (exact) mass is 267 g/mol. The zero-order valence-electron chi connectivity index (χ0n) is 12.6. The number of allylic oxidation sites excluding steroid dienone is 3. The summed E-state index contributed by atoms with van der Waals surface area (Å²) in [5, 5.41) is 0. The Morgan fingerprint density at radius 1 is 0.950 bits per heavy atom. The van der Waals surface area contributed by atoms with Crippen LogP contribution in [0.1, 0.15) is 51.1 Å². The number of aliphatic imine (C=N–C) groups is 1. The van der Waals surface area contributed by atoms with Crippen molar-refractivity contribution in [2.75, 3.05) is 0 Å². The van der Waals surface area contributed by atoms with Crippen LogP contribution in [0.5, 0.6) is 0 Å². The Bertz CT molecular complexity index is 480. The zero-order valence-corrected chi connectivity index (χ0v) is 12.6. The van der Waals surface area contributed by atoms with Gasteiger partial charge in [-0.05, 0) is 31.2 Å². The second-order valence-corrected chi connectivity index (χ2v) is 6.15. The van der Waals surface area contributed by atoms with Gasteiger partial charge in [-0.3, -0.25) is 4.99 Å². The van der Waals surface area contributed by atoms with Crippen LogP contribution in [0.2, 0.25) is 0 Å². The van der Waals surface area contributed by atoms with Crippen LogP contribution in [0.25, 0.3) is 0 Å². The van der Waals surface area contributed by atoms with Crippen LogP contribution < -0.4 is 0 Å². The Labute approximate surface area is 123 Å². The van der Waals surface area contributed by atoms with Crippen molar-refractivity contribution in [3.63, 3.8) is 0 Å². The van der Waals surface area contributed by atoms with Gasteiger partial charge in [-0.1, -0.05) is 68.5 Å². The molecule has 1 nitrogen and oxygen atoms in total. The van der Waals surface area contributed by atoms with E-state index in [1.807, 2.05) is 0 Å². The molecule has 1 aromatic rings. The summed E-state index contributed by atoms with van der Waals surface area (Å²) in [7, 11) is 0. The molecule has 1 heterocycles. The van der Waals surface area contributed by atoms with Crippen LogP contribution in [-0.2, 0) is 0 Å². The van der Waals surface area contributed by atoms with E-state index in [1.165, 1.54) is 5.56 Å². The molecular weight excluding hydrogens is 242 g/mol. The van der Waals surface area contributed by atoms with E-state index in [0.717, 1.165) is 25.7 Å². The van der Waals surface area contributed by atoms with E-state index < -0.39 is 0 Å². The summed E-state index contributed by atoms with van der Waals surface area (Å²) in [6.07, 6.45) is 15.6. The number of benzene rings is 1. The fraction of sp³-hybridized carbons (Fsp3) is 0.421. The quantitative estimate of drug-likeness (QED) is 0.595. The largest absolute Gasteiger partial charge is 0.289 e. The Hall–Kier alpha value is -1.63. The fourth-order valence-corrected chi connectivity index (χ4v) is 2.34. The van der Waals surface area contributed by atoms with Gasteiger partial charge in [-0.25, -0.2) is 0 Å². The Kier molecular flexibility index (Phi) is 5.34. The molecule has 1 aliphatic rings. The highest BCUT2D eigenvalue weighted by Crippen LogP contribution is 2.25. The van der Waals surface area contributed by atoms with Gasteiger partial charge in [-0.2, -0.15) is 0 Å². The predicted molar refractivity (Wildman–Crippen MR) is 88.2 cm³/mol. The minimum atomic E-state index is 0.131. The lowest BCUT2D eigenvalue weighted by molar-refractivity contribution is 0.538. The molecule has 1 aromatic carbocycles. The summed E-state index contributed by atoms with van der Waals surface area (Å²) in [6, 6.07) is 10.9. The van der Waals surface area contributed by atoms with Crippen molar-refractivity contribution in [3.8, 4) is 0 Å². The van der Waals surface area contributed by atoms with Crippen LogP contribution in [0.4, 0.5) is 0 Å². The van der Waals surface area contributed by atoms with E-state index in [9.17, 15) is 0 Å². The molecule has 1 unspecified atom stereocenters. The SMILES string of the molecule is CC1(C)C=NC(c2ccccc2)C/C=C/CC/C=C/C1. The van der Waals surface area contributed by atoms with Gasteiger partial charge in [0, 0.05) is 11.6 Å². The standard InChI is InChI=1S/C19H25N/c1-19(2)15-11-6-4-3-5-10-14-18(20-16-19)17-12-8-7-9-13-17/h5-13,16,18H,3-4,14-15H2,1-2H3/b10-5+,11-6+,20-16?. The number of rotatable bonds is 1. The van der Waals surface area contributed by atoms with Crippen molar-refractivity contribution in [2.24, 2.45) is 10.4 Å². The third kappa shape index (κ3) is 4.80. The van der Waals surface area contributed by atoms with E-state index in [1.54, 1.807) is 0 Å². The molecule has 0 radical (unpaired) electrons. The molecule has 0 fully saturated rings. The second kappa shape index (κ2) is 7.23. The fourth-order valence-electron chi connectivity index (χ4n) is 2.34. The van der Waals surface area contributed by atoms with E-state index in [2.05, 4.69) is 74.7 Å². The first-order valence-electron chi connectivity index (χ1n) is 7.57. The summed E-state index contributed by atoms with van der Waals surface area (Å²) in [6.45, 7) is 4.51. The van der Waals surface area contributed by atoms with Crippen molar-refractivity contribution < 1.29 is 0 Å². The molecule has 0 aliphatic carbocycles. The topological polar surface area (TPSA) is 12.4 Å². The van der Waals surface area contributed by atoms with Crippen molar-refractivity contribution in [1.82, 2.24) is 0 Å². The highest BCUT2D eigenvalue weighted by molar-refractivity contribution is 5.65. The van der Waals surface area contributed by atoms with E-state index in [4.69, 9.17) is 4.99 Å². The normalized spacial score (nSPS) is 26.2. The van der Waals surface area contributed by atoms with E-state index in [-0.39, 0.29) is 11.5 Å². The summed E-state index contributed by atoms with van der Waals surface area (Å²) in [4.78, 5) is 4.87. The van der Waals surface area contributed by atoms with Gasteiger partial charge in [-0.15, -0.1) is 0 Å². The summed E-state index contributed by atoms with van der Waals surface area (Å²) >= 11 is 0. The van der Waals surface area contributed by atoms with Crippen LogP contribution in [0.15, 0.2) is 59.6 Å². The molecule has 0 saturated carbocycles. The average Bonchev–Trinajstić information content (AvgIpc) is 2.44.